The third-order valence-electron chi connectivity index (χ3n) is 2.39. The van der Waals surface area contributed by atoms with Crippen molar-refractivity contribution in [1.82, 2.24) is 14.7 Å². The Hall–Kier alpha value is -1.84. The first-order chi connectivity index (χ1) is 9.40. The predicted molar refractivity (Wildman–Crippen MR) is 72.1 cm³/mol. The summed E-state index contributed by atoms with van der Waals surface area (Å²) in [4.78, 5) is 18.8. The SMILES string of the molecule is Cc1nc(CNS(=O)(=O)c2cccnc2)sc1C(=O)O. The van der Waals surface area contributed by atoms with Gasteiger partial charge < -0.3 is 5.11 Å². The van der Waals surface area contributed by atoms with Gasteiger partial charge in [-0.15, -0.1) is 11.3 Å². The van der Waals surface area contributed by atoms with Gasteiger partial charge in [0.05, 0.1) is 12.2 Å². The predicted octanol–water partition coefficient (Wildman–Crippen LogP) is 1.02. The standard InChI is InChI=1S/C11H11N3O4S2/c1-7-10(11(15)16)19-9(14-7)6-13-20(17,18)8-3-2-4-12-5-8/h2-5,13H,6H2,1H3,(H,15,16). The van der Waals surface area contributed by atoms with E-state index in [9.17, 15) is 13.2 Å². The quantitative estimate of drug-likeness (QED) is 0.853. The molecule has 0 aliphatic heterocycles. The molecule has 2 N–H and O–H groups in total. The van der Waals surface area contributed by atoms with E-state index in [1.54, 1.807) is 6.92 Å². The van der Waals surface area contributed by atoms with Crippen molar-refractivity contribution in [2.45, 2.75) is 18.4 Å². The number of thiazole rings is 1. The van der Waals surface area contributed by atoms with Gasteiger partial charge in [0, 0.05) is 12.4 Å². The van der Waals surface area contributed by atoms with Gasteiger partial charge in [0.15, 0.2) is 0 Å². The van der Waals surface area contributed by atoms with Crippen LogP contribution in [0.5, 0.6) is 0 Å². The number of aromatic carboxylic acids is 1. The number of hydrogen-bond donors (Lipinski definition) is 2. The molecule has 0 bridgehead atoms. The zero-order chi connectivity index (χ0) is 14.8. The average Bonchev–Trinajstić information content (AvgIpc) is 2.79. The topological polar surface area (TPSA) is 109 Å². The van der Waals surface area contributed by atoms with Crippen LogP contribution >= 0.6 is 11.3 Å². The zero-order valence-corrected chi connectivity index (χ0v) is 12.0. The van der Waals surface area contributed by atoms with Crippen molar-refractivity contribution in [3.63, 3.8) is 0 Å². The Morgan fingerprint density at radius 3 is 2.80 bits per heavy atom. The van der Waals surface area contributed by atoms with Crippen molar-refractivity contribution >= 4 is 27.3 Å². The minimum Gasteiger partial charge on any atom is -0.477 e. The largest absolute Gasteiger partial charge is 0.477 e. The van der Waals surface area contributed by atoms with Crippen LogP contribution in [0.1, 0.15) is 20.4 Å². The van der Waals surface area contributed by atoms with Gasteiger partial charge in [-0.05, 0) is 19.1 Å². The average molecular weight is 313 g/mol. The molecular formula is C11H11N3O4S2. The fourth-order valence-electron chi connectivity index (χ4n) is 1.47. The molecule has 0 aromatic carbocycles. The van der Waals surface area contributed by atoms with Crippen LogP contribution in [0.4, 0.5) is 0 Å². The minimum atomic E-state index is -3.68. The molecule has 0 aliphatic rings. The normalized spacial score (nSPS) is 11.4. The van der Waals surface area contributed by atoms with Crippen LogP contribution in [-0.2, 0) is 16.6 Å². The van der Waals surface area contributed by atoms with Crippen molar-refractivity contribution in [2.24, 2.45) is 0 Å². The summed E-state index contributed by atoms with van der Waals surface area (Å²) in [6.45, 7) is 1.51. The van der Waals surface area contributed by atoms with E-state index in [0.717, 1.165) is 11.3 Å². The molecule has 2 heterocycles. The Bertz CT molecular complexity index is 725. The van der Waals surface area contributed by atoms with E-state index in [1.165, 1.54) is 24.5 Å². The minimum absolute atomic E-state index is 0.0479. The Kier molecular flexibility index (Phi) is 4.12. The Morgan fingerprint density at radius 1 is 1.50 bits per heavy atom. The van der Waals surface area contributed by atoms with E-state index >= 15 is 0 Å². The van der Waals surface area contributed by atoms with E-state index in [1.807, 2.05) is 0 Å². The number of sulfonamides is 1. The molecule has 0 radical (unpaired) electrons. The monoisotopic (exact) mass is 313 g/mol. The molecule has 9 heteroatoms. The smallest absolute Gasteiger partial charge is 0.347 e. The molecule has 0 amide bonds. The summed E-state index contributed by atoms with van der Waals surface area (Å²) in [5.41, 5.74) is 0.373. The number of nitrogens with zero attached hydrogens (tertiary/aromatic N) is 2. The first-order valence-corrected chi connectivity index (χ1v) is 7.79. The van der Waals surface area contributed by atoms with Crippen LogP contribution in [0.2, 0.25) is 0 Å². The summed E-state index contributed by atoms with van der Waals surface area (Å²) in [5, 5.41) is 9.30. The molecule has 0 saturated heterocycles. The van der Waals surface area contributed by atoms with Gasteiger partial charge in [-0.2, -0.15) is 0 Å². The van der Waals surface area contributed by atoms with Gasteiger partial charge in [0.25, 0.3) is 0 Å². The van der Waals surface area contributed by atoms with Crippen LogP contribution in [0.25, 0.3) is 0 Å². The maximum atomic E-state index is 11.9. The number of carboxylic acid groups (broad SMARTS) is 1. The number of carbonyl (C=O) groups is 1. The Labute approximate surface area is 119 Å². The van der Waals surface area contributed by atoms with Crippen molar-refractivity contribution < 1.29 is 18.3 Å². The summed E-state index contributed by atoms with van der Waals surface area (Å²) in [5.74, 6) is -1.07. The van der Waals surface area contributed by atoms with Gasteiger partial charge in [0.1, 0.15) is 14.8 Å². The second-order valence-corrected chi connectivity index (χ2v) is 6.69. The number of pyridine rings is 1. The number of aromatic nitrogens is 2. The molecule has 2 aromatic rings. The molecule has 106 valence electrons. The summed E-state index contributed by atoms with van der Waals surface area (Å²) in [6, 6.07) is 2.94. The number of nitrogens with one attached hydrogen (secondary N) is 1. The third kappa shape index (κ3) is 3.18. The molecule has 2 rings (SSSR count). The highest BCUT2D eigenvalue weighted by Crippen LogP contribution is 2.18. The van der Waals surface area contributed by atoms with Crippen molar-refractivity contribution in [3.05, 3.63) is 40.1 Å². The molecule has 0 unspecified atom stereocenters. The lowest BCUT2D eigenvalue weighted by Gasteiger charge is -2.03. The van der Waals surface area contributed by atoms with Crippen LogP contribution in [-0.4, -0.2) is 29.5 Å². The second-order valence-electron chi connectivity index (χ2n) is 3.84. The van der Waals surface area contributed by atoms with Crippen LogP contribution in [0.15, 0.2) is 29.4 Å². The summed E-state index contributed by atoms with van der Waals surface area (Å²) < 4.78 is 26.2. The highest BCUT2D eigenvalue weighted by molar-refractivity contribution is 7.89. The van der Waals surface area contributed by atoms with Crippen molar-refractivity contribution in [1.29, 1.82) is 0 Å². The lowest BCUT2D eigenvalue weighted by atomic mass is 10.4. The van der Waals surface area contributed by atoms with Crippen molar-refractivity contribution in [2.75, 3.05) is 0 Å². The molecule has 0 aliphatic carbocycles. The van der Waals surface area contributed by atoms with E-state index in [-0.39, 0.29) is 16.3 Å². The second kappa shape index (κ2) is 5.65. The molecule has 0 spiro atoms. The molecule has 2 aromatic heterocycles. The summed E-state index contributed by atoms with van der Waals surface area (Å²) in [6.07, 6.45) is 2.71. The number of hydrogen-bond acceptors (Lipinski definition) is 6. The lowest BCUT2D eigenvalue weighted by Crippen LogP contribution is -2.23. The van der Waals surface area contributed by atoms with E-state index in [4.69, 9.17) is 5.11 Å². The molecule has 0 fully saturated rings. The number of carboxylic acids is 1. The van der Waals surface area contributed by atoms with Crippen LogP contribution in [0, 0.1) is 6.92 Å². The summed E-state index contributed by atoms with van der Waals surface area (Å²) >= 11 is 0.950. The maximum Gasteiger partial charge on any atom is 0.347 e. The fraction of sp³-hybridized carbons (Fsp3) is 0.182. The van der Waals surface area contributed by atoms with Gasteiger partial charge in [0.2, 0.25) is 10.0 Å². The molecule has 20 heavy (non-hydrogen) atoms. The van der Waals surface area contributed by atoms with E-state index in [2.05, 4.69) is 14.7 Å². The fourth-order valence-corrected chi connectivity index (χ4v) is 3.36. The van der Waals surface area contributed by atoms with E-state index < -0.39 is 16.0 Å². The van der Waals surface area contributed by atoms with Crippen molar-refractivity contribution in [3.8, 4) is 0 Å². The summed E-state index contributed by atoms with van der Waals surface area (Å²) in [7, 11) is -3.68. The first-order valence-electron chi connectivity index (χ1n) is 5.49. The van der Waals surface area contributed by atoms with Crippen LogP contribution < -0.4 is 4.72 Å². The first kappa shape index (κ1) is 14.6. The molecule has 7 nitrogen and oxygen atoms in total. The molecular weight excluding hydrogens is 302 g/mol. The molecule has 0 saturated carbocycles. The Balaban J connectivity index is 2.13. The van der Waals surface area contributed by atoms with Gasteiger partial charge in [-0.1, -0.05) is 0 Å². The number of rotatable bonds is 5. The third-order valence-corrected chi connectivity index (χ3v) is 4.93. The van der Waals surface area contributed by atoms with Crippen LogP contribution in [0.3, 0.4) is 0 Å². The van der Waals surface area contributed by atoms with Gasteiger partial charge >= 0.3 is 5.97 Å². The zero-order valence-electron chi connectivity index (χ0n) is 10.4. The number of aryl methyl sites for hydroxylation is 1. The lowest BCUT2D eigenvalue weighted by molar-refractivity contribution is 0.0701. The van der Waals surface area contributed by atoms with Gasteiger partial charge in [-0.25, -0.2) is 22.9 Å². The maximum absolute atomic E-state index is 11.9. The van der Waals surface area contributed by atoms with Gasteiger partial charge in [-0.3, -0.25) is 4.98 Å². The molecule has 0 atom stereocenters. The Morgan fingerprint density at radius 2 is 2.25 bits per heavy atom. The highest BCUT2D eigenvalue weighted by atomic mass is 32.2. The highest BCUT2D eigenvalue weighted by Gasteiger charge is 2.17. The van der Waals surface area contributed by atoms with E-state index in [0.29, 0.717) is 10.7 Å².